The second kappa shape index (κ2) is 7.86. The largest absolute Gasteiger partial charge is 0.338 e. The van der Waals surface area contributed by atoms with E-state index in [1.807, 2.05) is 41.2 Å². The first-order valence-corrected chi connectivity index (χ1v) is 9.52. The molecule has 1 aromatic heterocycles. The zero-order valence-corrected chi connectivity index (χ0v) is 13.9. The lowest BCUT2D eigenvalue weighted by atomic mass is 10.0. The Kier molecular flexibility index (Phi) is 5.59. The molecule has 2 saturated heterocycles. The molecule has 0 bridgehead atoms. The van der Waals surface area contributed by atoms with E-state index in [-0.39, 0.29) is 12.1 Å². The van der Waals surface area contributed by atoms with Gasteiger partial charge in [0.15, 0.2) is 0 Å². The summed E-state index contributed by atoms with van der Waals surface area (Å²) >= 11 is 2.00. The first-order valence-electron chi connectivity index (χ1n) is 8.37. The molecule has 5 heteroatoms. The molecule has 2 fully saturated rings. The van der Waals surface area contributed by atoms with Crippen LogP contribution in [0.3, 0.4) is 0 Å². The minimum Gasteiger partial charge on any atom is -0.338 e. The molecule has 2 atom stereocenters. The predicted molar refractivity (Wildman–Crippen MR) is 91.0 cm³/mol. The number of nitrogens with zero attached hydrogens (tertiary/aromatic N) is 2. The van der Waals surface area contributed by atoms with Crippen LogP contribution in [0.5, 0.6) is 0 Å². The van der Waals surface area contributed by atoms with Gasteiger partial charge in [-0.2, -0.15) is 11.8 Å². The van der Waals surface area contributed by atoms with E-state index in [9.17, 15) is 4.79 Å². The summed E-state index contributed by atoms with van der Waals surface area (Å²) in [5.74, 6) is 3.08. The number of amides is 2. The molecule has 2 amide bonds. The van der Waals surface area contributed by atoms with E-state index in [1.165, 1.54) is 36.3 Å². The average molecular weight is 319 g/mol. The van der Waals surface area contributed by atoms with Crippen LogP contribution in [0.4, 0.5) is 4.79 Å². The fraction of sp³-hybridized carbons (Fsp3) is 0.647. The van der Waals surface area contributed by atoms with Crippen molar-refractivity contribution in [1.29, 1.82) is 0 Å². The van der Waals surface area contributed by atoms with Gasteiger partial charge in [0.25, 0.3) is 0 Å². The third-order valence-electron chi connectivity index (χ3n) is 4.67. The molecule has 0 saturated carbocycles. The molecule has 120 valence electrons. The fourth-order valence-corrected chi connectivity index (χ4v) is 4.65. The van der Waals surface area contributed by atoms with Gasteiger partial charge < -0.3 is 10.2 Å². The Hall–Kier alpha value is -1.23. The van der Waals surface area contributed by atoms with Crippen molar-refractivity contribution in [3.8, 4) is 0 Å². The van der Waals surface area contributed by atoms with E-state index < -0.39 is 0 Å². The monoisotopic (exact) mass is 319 g/mol. The van der Waals surface area contributed by atoms with E-state index in [0.717, 1.165) is 25.9 Å². The molecule has 22 heavy (non-hydrogen) atoms. The molecule has 3 heterocycles. The molecular weight excluding hydrogens is 294 g/mol. The maximum atomic E-state index is 12.7. The number of pyridine rings is 1. The van der Waals surface area contributed by atoms with Gasteiger partial charge >= 0.3 is 6.03 Å². The Morgan fingerprint density at radius 3 is 2.91 bits per heavy atom. The molecule has 4 nitrogen and oxygen atoms in total. The number of carbonyl (C=O) groups is 1. The molecule has 3 rings (SSSR count). The highest BCUT2D eigenvalue weighted by Crippen LogP contribution is 2.30. The number of likely N-dealkylation sites (tertiary alicyclic amines) is 1. The van der Waals surface area contributed by atoms with Crippen LogP contribution in [0.15, 0.2) is 24.5 Å². The van der Waals surface area contributed by atoms with Gasteiger partial charge in [-0.05, 0) is 54.4 Å². The number of thioether (sulfide) groups is 1. The summed E-state index contributed by atoms with van der Waals surface area (Å²) in [4.78, 5) is 18.8. The first kappa shape index (κ1) is 15.7. The fourth-order valence-electron chi connectivity index (χ4n) is 3.36. The van der Waals surface area contributed by atoms with Crippen LogP contribution in [0.1, 0.15) is 43.7 Å². The molecule has 0 aliphatic carbocycles. The van der Waals surface area contributed by atoms with Crippen LogP contribution >= 0.6 is 11.8 Å². The summed E-state index contributed by atoms with van der Waals surface area (Å²) in [7, 11) is 0. The van der Waals surface area contributed by atoms with Crippen LogP contribution in [0, 0.1) is 5.92 Å². The topological polar surface area (TPSA) is 45.2 Å². The van der Waals surface area contributed by atoms with Crippen molar-refractivity contribution in [3.05, 3.63) is 30.1 Å². The van der Waals surface area contributed by atoms with Crippen molar-refractivity contribution in [3.63, 3.8) is 0 Å². The minimum atomic E-state index is 0.112. The van der Waals surface area contributed by atoms with Crippen molar-refractivity contribution in [1.82, 2.24) is 15.2 Å². The maximum Gasteiger partial charge on any atom is 0.317 e. The van der Waals surface area contributed by atoms with Crippen LogP contribution < -0.4 is 5.32 Å². The Labute approximate surface area is 137 Å². The Morgan fingerprint density at radius 2 is 2.14 bits per heavy atom. The Morgan fingerprint density at radius 1 is 1.27 bits per heavy atom. The molecule has 0 spiro atoms. The van der Waals surface area contributed by atoms with Gasteiger partial charge in [0, 0.05) is 25.5 Å². The molecular formula is C17H25N3OS. The van der Waals surface area contributed by atoms with E-state index in [1.54, 1.807) is 0 Å². The molecule has 2 unspecified atom stereocenters. The lowest BCUT2D eigenvalue weighted by Crippen LogP contribution is -2.43. The van der Waals surface area contributed by atoms with Crippen LogP contribution in [-0.2, 0) is 0 Å². The van der Waals surface area contributed by atoms with Crippen LogP contribution in [0.2, 0.25) is 0 Å². The van der Waals surface area contributed by atoms with Gasteiger partial charge in [-0.25, -0.2) is 4.79 Å². The van der Waals surface area contributed by atoms with E-state index >= 15 is 0 Å². The molecule has 0 radical (unpaired) electrons. The number of nitrogens with one attached hydrogen (secondary N) is 1. The highest BCUT2D eigenvalue weighted by atomic mass is 32.2. The average Bonchev–Trinajstić information content (AvgIpc) is 2.96. The van der Waals surface area contributed by atoms with Crippen molar-refractivity contribution in [2.24, 2.45) is 5.92 Å². The second-order valence-electron chi connectivity index (χ2n) is 6.25. The molecule has 2 aliphatic heterocycles. The normalized spacial score (nSPS) is 25.7. The molecule has 2 aliphatic rings. The standard InChI is InChI=1S/C17H25N3OS/c21-17(19-12-14-7-11-22-13-14)20-10-3-1-2-4-16(20)15-5-8-18-9-6-15/h5-6,8-9,14,16H,1-4,7,10-13H2,(H,19,21). The van der Waals surface area contributed by atoms with Gasteiger partial charge in [-0.3, -0.25) is 4.98 Å². The quantitative estimate of drug-likeness (QED) is 0.928. The summed E-state index contributed by atoms with van der Waals surface area (Å²) in [5.41, 5.74) is 1.21. The molecule has 0 aromatic carbocycles. The van der Waals surface area contributed by atoms with Crippen molar-refractivity contribution < 1.29 is 4.79 Å². The number of carbonyl (C=O) groups excluding carboxylic acids is 1. The molecule has 1 N–H and O–H groups in total. The summed E-state index contributed by atoms with van der Waals surface area (Å²) in [5, 5.41) is 3.18. The molecule has 1 aromatic rings. The Balaban J connectivity index is 1.65. The zero-order valence-electron chi connectivity index (χ0n) is 13.0. The minimum absolute atomic E-state index is 0.112. The summed E-state index contributed by atoms with van der Waals surface area (Å²) in [6.07, 6.45) is 9.45. The smallest absolute Gasteiger partial charge is 0.317 e. The third-order valence-corrected chi connectivity index (χ3v) is 5.90. The second-order valence-corrected chi connectivity index (χ2v) is 7.40. The number of hydrogen-bond acceptors (Lipinski definition) is 3. The number of aromatic nitrogens is 1. The van der Waals surface area contributed by atoms with E-state index in [0.29, 0.717) is 5.92 Å². The van der Waals surface area contributed by atoms with Crippen LogP contribution in [-0.4, -0.2) is 40.5 Å². The van der Waals surface area contributed by atoms with Crippen molar-refractivity contribution in [2.75, 3.05) is 24.6 Å². The zero-order chi connectivity index (χ0) is 15.2. The van der Waals surface area contributed by atoms with E-state index in [4.69, 9.17) is 0 Å². The number of rotatable bonds is 3. The number of urea groups is 1. The Bertz CT molecular complexity index is 476. The SMILES string of the molecule is O=C(NCC1CCSC1)N1CCCCCC1c1ccncc1. The van der Waals surface area contributed by atoms with Gasteiger partial charge in [0.05, 0.1) is 6.04 Å². The summed E-state index contributed by atoms with van der Waals surface area (Å²) < 4.78 is 0. The van der Waals surface area contributed by atoms with Gasteiger partial charge in [-0.1, -0.05) is 12.8 Å². The third kappa shape index (κ3) is 3.94. The van der Waals surface area contributed by atoms with Gasteiger partial charge in [-0.15, -0.1) is 0 Å². The van der Waals surface area contributed by atoms with E-state index in [2.05, 4.69) is 10.3 Å². The maximum absolute atomic E-state index is 12.7. The highest BCUT2D eigenvalue weighted by molar-refractivity contribution is 7.99. The summed E-state index contributed by atoms with van der Waals surface area (Å²) in [6.45, 7) is 1.68. The van der Waals surface area contributed by atoms with Crippen LogP contribution in [0.25, 0.3) is 0 Å². The highest BCUT2D eigenvalue weighted by Gasteiger charge is 2.27. The van der Waals surface area contributed by atoms with Crippen molar-refractivity contribution in [2.45, 2.75) is 38.1 Å². The van der Waals surface area contributed by atoms with Gasteiger partial charge in [0.1, 0.15) is 0 Å². The lowest BCUT2D eigenvalue weighted by Gasteiger charge is -2.31. The lowest BCUT2D eigenvalue weighted by molar-refractivity contribution is 0.174. The number of hydrogen-bond donors (Lipinski definition) is 1. The first-order chi connectivity index (χ1) is 10.8. The predicted octanol–water partition coefficient (Wildman–Crippen LogP) is 3.46. The summed E-state index contributed by atoms with van der Waals surface area (Å²) in [6, 6.07) is 4.40. The van der Waals surface area contributed by atoms with Gasteiger partial charge in [0.2, 0.25) is 0 Å². The van der Waals surface area contributed by atoms with Crippen molar-refractivity contribution >= 4 is 17.8 Å².